The van der Waals surface area contributed by atoms with Crippen LogP contribution in [0.25, 0.3) is 0 Å². The molecule has 0 bridgehead atoms. The van der Waals surface area contributed by atoms with Crippen molar-refractivity contribution >= 4 is 6.21 Å². The molecule has 0 aromatic rings. The Bertz CT molecular complexity index is 265. The van der Waals surface area contributed by atoms with Crippen LogP contribution in [-0.4, -0.2) is 30.9 Å². The SMILES string of the molecule is CN1N=CC2C=CC(CN)=CC21. The molecule has 0 fully saturated rings. The molecule has 64 valence electrons. The van der Waals surface area contributed by atoms with Crippen molar-refractivity contribution in [3.63, 3.8) is 0 Å². The summed E-state index contributed by atoms with van der Waals surface area (Å²) in [6.07, 6.45) is 8.43. The normalized spacial score (nSPS) is 32.2. The number of fused-ring (bicyclic) bond motifs is 1. The number of nitrogens with two attached hydrogens (primary N) is 1. The molecular weight excluding hydrogens is 150 g/mol. The summed E-state index contributed by atoms with van der Waals surface area (Å²) in [5.41, 5.74) is 6.76. The lowest BCUT2D eigenvalue weighted by Gasteiger charge is -2.23. The molecule has 1 aliphatic heterocycles. The third-order valence-electron chi connectivity index (χ3n) is 2.40. The topological polar surface area (TPSA) is 41.6 Å². The first-order chi connectivity index (χ1) is 5.81. The molecule has 12 heavy (non-hydrogen) atoms. The second-order valence-electron chi connectivity index (χ2n) is 3.21. The van der Waals surface area contributed by atoms with E-state index in [1.54, 1.807) is 0 Å². The van der Waals surface area contributed by atoms with Gasteiger partial charge >= 0.3 is 0 Å². The summed E-state index contributed by atoms with van der Waals surface area (Å²) in [5, 5.41) is 6.20. The van der Waals surface area contributed by atoms with Crippen molar-refractivity contribution in [2.45, 2.75) is 6.04 Å². The van der Waals surface area contributed by atoms with Crippen molar-refractivity contribution < 1.29 is 0 Å². The van der Waals surface area contributed by atoms with Crippen LogP contribution < -0.4 is 5.73 Å². The molecule has 2 rings (SSSR count). The van der Waals surface area contributed by atoms with Gasteiger partial charge in [0.2, 0.25) is 0 Å². The first-order valence-electron chi connectivity index (χ1n) is 4.17. The summed E-state index contributed by atoms with van der Waals surface area (Å²) < 4.78 is 0. The van der Waals surface area contributed by atoms with E-state index in [1.807, 2.05) is 18.3 Å². The minimum absolute atomic E-state index is 0.397. The fourth-order valence-corrected chi connectivity index (χ4v) is 1.62. The quantitative estimate of drug-likeness (QED) is 0.606. The van der Waals surface area contributed by atoms with Crippen molar-refractivity contribution in [2.75, 3.05) is 13.6 Å². The van der Waals surface area contributed by atoms with Crippen LogP contribution in [0.3, 0.4) is 0 Å². The molecule has 2 aliphatic rings. The second kappa shape index (κ2) is 2.75. The molecule has 0 amide bonds. The molecule has 2 unspecified atom stereocenters. The average Bonchev–Trinajstić information content (AvgIpc) is 2.47. The maximum atomic E-state index is 5.55. The van der Waals surface area contributed by atoms with Crippen LogP contribution in [0.2, 0.25) is 0 Å². The molecule has 1 aliphatic carbocycles. The van der Waals surface area contributed by atoms with Gasteiger partial charge in [0.05, 0.1) is 6.04 Å². The summed E-state index contributed by atoms with van der Waals surface area (Å²) in [6.45, 7) is 0.619. The van der Waals surface area contributed by atoms with E-state index in [0.29, 0.717) is 18.5 Å². The van der Waals surface area contributed by atoms with E-state index in [0.717, 1.165) is 0 Å². The van der Waals surface area contributed by atoms with Crippen LogP contribution >= 0.6 is 0 Å². The Morgan fingerprint density at radius 3 is 3.25 bits per heavy atom. The molecule has 3 heteroatoms. The van der Waals surface area contributed by atoms with Gasteiger partial charge in [-0.3, -0.25) is 5.01 Å². The number of likely N-dealkylation sites (N-methyl/N-ethyl adjacent to an activating group) is 1. The molecule has 2 N–H and O–H groups in total. The van der Waals surface area contributed by atoms with Crippen LogP contribution in [-0.2, 0) is 0 Å². The standard InChI is InChI=1S/C9H13N3/c1-12-9-4-7(5-10)2-3-8(9)6-11-12/h2-4,6,8-9H,5,10H2,1H3. The smallest absolute Gasteiger partial charge is 0.0766 e. The highest BCUT2D eigenvalue weighted by atomic mass is 15.5. The second-order valence-corrected chi connectivity index (χ2v) is 3.21. The van der Waals surface area contributed by atoms with Gasteiger partial charge in [-0.05, 0) is 5.57 Å². The Balaban J connectivity index is 2.21. The molecule has 2 atom stereocenters. The molecule has 0 saturated heterocycles. The van der Waals surface area contributed by atoms with E-state index >= 15 is 0 Å². The molecule has 0 radical (unpaired) electrons. The van der Waals surface area contributed by atoms with Crippen molar-refractivity contribution in [3.05, 3.63) is 23.8 Å². The number of hydrogen-bond donors (Lipinski definition) is 1. The van der Waals surface area contributed by atoms with E-state index in [2.05, 4.69) is 23.3 Å². The van der Waals surface area contributed by atoms with E-state index in [4.69, 9.17) is 5.73 Å². The lowest BCUT2D eigenvalue weighted by Crippen LogP contribution is -2.29. The molecular formula is C9H13N3. The van der Waals surface area contributed by atoms with E-state index in [-0.39, 0.29) is 0 Å². The monoisotopic (exact) mass is 163 g/mol. The molecule has 0 spiro atoms. The highest BCUT2D eigenvalue weighted by molar-refractivity contribution is 5.68. The summed E-state index contributed by atoms with van der Waals surface area (Å²) in [4.78, 5) is 0. The molecule has 0 aromatic heterocycles. The van der Waals surface area contributed by atoms with E-state index in [1.165, 1.54) is 5.57 Å². The van der Waals surface area contributed by atoms with Gasteiger partial charge in [-0.1, -0.05) is 18.2 Å². The summed E-state index contributed by atoms with van der Waals surface area (Å²) in [7, 11) is 1.99. The number of nitrogens with zero attached hydrogens (tertiary/aromatic N) is 2. The van der Waals surface area contributed by atoms with Gasteiger partial charge in [-0.15, -0.1) is 0 Å². The first-order valence-corrected chi connectivity index (χ1v) is 4.17. The third kappa shape index (κ3) is 1.06. The van der Waals surface area contributed by atoms with Crippen LogP contribution in [0.15, 0.2) is 28.9 Å². The maximum absolute atomic E-state index is 5.55. The predicted octanol–water partition coefficient (Wildman–Crippen LogP) is 0.357. The minimum atomic E-state index is 0.397. The summed E-state index contributed by atoms with van der Waals surface area (Å²) in [5.74, 6) is 0.449. The van der Waals surface area contributed by atoms with Gasteiger partial charge in [0.1, 0.15) is 0 Å². The number of hydrogen-bond acceptors (Lipinski definition) is 3. The predicted molar refractivity (Wildman–Crippen MR) is 49.8 cm³/mol. The lowest BCUT2D eigenvalue weighted by atomic mass is 9.93. The Morgan fingerprint density at radius 2 is 2.50 bits per heavy atom. The van der Waals surface area contributed by atoms with Gasteiger partial charge in [0.15, 0.2) is 0 Å². The zero-order valence-electron chi connectivity index (χ0n) is 7.14. The zero-order chi connectivity index (χ0) is 8.55. The molecule has 0 saturated carbocycles. The largest absolute Gasteiger partial charge is 0.327 e. The number of hydrazone groups is 1. The third-order valence-corrected chi connectivity index (χ3v) is 2.40. The van der Waals surface area contributed by atoms with Crippen LogP contribution in [0.1, 0.15) is 0 Å². The van der Waals surface area contributed by atoms with Crippen LogP contribution in [0.4, 0.5) is 0 Å². The fraction of sp³-hybridized carbons (Fsp3) is 0.444. The molecule has 0 aromatic carbocycles. The van der Waals surface area contributed by atoms with Crippen molar-refractivity contribution in [2.24, 2.45) is 16.8 Å². The molecule has 1 heterocycles. The lowest BCUT2D eigenvalue weighted by molar-refractivity contribution is 0.306. The van der Waals surface area contributed by atoms with E-state index in [9.17, 15) is 0 Å². The van der Waals surface area contributed by atoms with Gasteiger partial charge in [-0.25, -0.2) is 0 Å². The highest BCUT2D eigenvalue weighted by Gasteiger charge is 2.26. The Hall–Kier alpha value is -1.09. The maximum Gasteiger partial charge on any atom is 0.0766 e. The average molecular weight is 163 g/mol. The van der Waals surface area contributed by atoms with Crippen molar-refractivity contribution in [1.82, 2.24) is 5.01 Å². The molecule has 3 nitrogen and oxygen atoms in total. The van der Waals surface area contributed by atoms with Gasteiger partial charge in [0.25, 0.3) is 0 Å². The van der Waals surface area contributed by atoms with Gasteiger partial charge in [-0.2, -0.15) is 5.10 Å². The zero-order valence-corrected chi connectivity index (χ0v) is 7.14. The fourth-order valence-electron chi connectivity index (χ4n) is 1.62. The van der Waals surface area contributed by atoms with Gasteiger partial charge in [0, 0.05) is 25.7 Å². The van der Waals surface area contributed by atoms with Gasteiger partial charge < -0.3 is 5.73 Å². The Morgan fingerprint density at radius 1 is 1.67 bits per heavy atom. The summed E-state index contributed by atoms with van der Waals surface area (Å²) in [6, 6.07) is 0.397. The summed E-state index contributed by atoms with van der Waals surface area (Å²) >= 11 is 0. The van der Waals surface area contributed by atoms with Crippen LogP contribution in [0.5, 0.6) is 0 Å². The minimum Gasteiger partial charge on any atom is -0.327 e. The van der Waals surface area contributed by atoms with Crippen molar-refractivity contribution in [1.29, 1.82) is 0 Å². The highest BCUT2D eigenvalue weighted by Crippen LogP contribution is 2.23. The first kappa shape index (κ1) is 7.55. The van der Waals surface area contributed by atoms with E-state index < -0.39 is 0 Å². The Kier molecular flexibility index (Phi) is 1.73. The van der Waals surface area contributed by atoms with Crippen LogP contribution in [0, 0.1) is 5.92 Å². The Labute approximate surface area is 72.2 Å². The number of rotatable bonds is 1. The van der Waals surface area contributed by atoms with Crippen molar-refractivity contribution in [3.8, 4) is 0 Å².